The van der Waals surface area contributed by atoms with Crippen molar-refractivity contribution in [2.24, 2.45) is 0 Å². The zero-order valence-electron chi connectivity index (χ0n) is 12.8. The van der Waals surface area contributed by atoms with Crippen molar-refractivity contribution in [3.63, 3.8) is 0 Å². The van der Waals surface area contributed by atoms with Gasteiger partial charge in [0.15, 0.2) is 0 Å². The van der Waals surface area contributed by atoms with Crippen LogP contribution in [0.1, 0.15) is 22.3 Å². The Morgan fingerprint density at radius 2 is 1.96 bits per heavy atom. The number of hydrogen-bond acceptors (Lipinski definition) is 4. The third kappa shape index (κ3) is 3.24. The molecule has 122 valence electrons. The first-order chi connectivity index (χ1) is 11.5. The van der Waals surface area contributed by atoms with Crippen molar-refractivity contribution in [2.45, 2.75) is 6.42 Å². The molecule has 0 saturated carbocycles. The first kappa shape index (κ1) is 16.0. The molecule has 2 aromatic rings. The zero-order valence-corrected chi connectivity index (χ0v) is 13.6. The lowest BCUT2D eigenvalue weighted by Crippen LogP contribution is -2.25. The molecule has 0 aromatic heterocycles. The van der Waals surface area contributed by atoms with Gasteiger partial charge in [-0.1, -0.05) is 12.1 Å². The quantitative estimate of drug-likeness (QED) is 0.928. The fourth-order valence-corrected chi connectivity index (χ4v) is 4.16. The van der Waals surface area contributed by atoms with Crippen LogP contribution in [-0.4, -0.2) is 26.6 Å². The average Bonchev–Trinajstić information content (AvgIpc) is 2.94. The Kier molecular flexibility index (Phi) is 4.23. The van der Waals surface area contributed by atoms with E-state index in [0.717, 1.165) is 0 Å². The number of nitrogens with one attached hydrogen (secondary N) is 1. The molecule has 1 aliphatic heterocycles. The van der Waals surface area contributed by atoms with E-state index >= 15 is 0 Å². The molecule has 3 rings (SSSR count). The highest BCUT2D eigenvalue weighted by Gasteiger charge is 2.28. The van der Waals surface area contributed by atoms with E-state index in [1.807, 2.05) is 6.07 Å². The second-order valence-electron chi connectivity index (χ2n) is 5.44. The summed E-state index contributed by atoms with van der Waals surface area (Å²) in [6.07, 6.45) is 0.583. The Balaban J connectivity index is 1.83. The number of sulfonamides is 1. The molecule has 0 radical (unpaired) electrons. The van der Waals surface area contributed by atoms with Gasteiger partial charge < -0.3 is 5.32 Å². The molecule has 1 N–H and O–H groups in total. The van der Waals surface area contributed by atoms with E-state index in [-0.39, 0.29) is 11.7 Å². The van der Waals surface area contributed by atoms with Gasteiger partial charge >= 0.3 is 0 Å². The number of amides is 1. The number of carbonyl (C=O) groups excluding carboxylic acids is 1. The minimum Gasteiger partial charge on any atom is -0.322 e. The third-order valence-electron chi connectivity index (χ3n) is 3.75. The maximum absolute atomic E-state index is 12.4. The van der Waals surface area contributed by atoms with Crippen molar-refractivity contribution < 1.29 is 13.2 Å². The third-order valence-corrected chi connectivity index (χ3v) is 5.61. The van der Waals surface area contributed by atoms with Crippen molar-refractivity contribution in [1.29, 1.82) is 5.26 Å². The van der Waals surface area contributed by atoms with E-state index in [1.54, 1.807) is 48.5 Å². The largest absolute Gasteiger partial charge is 0.322 e. The molecule has 0 unspecified atom stereocenters. The Morgan fingerprint density at radius 1 is 1.17 bits per heavy atom. The number of hydrogen-bond donors (Lipinski definition) is 1. The molecule has 1 saturated heterocycles. The Labute approximate surface area is 140 Å². The normalized spacial score (nSPS) is 15.7. The van der Waals surface area contributed by atoms with Crippen molar-refractivity contribution in [2.75, 3.05) is 21.9 Å². The molecule has 7 heteroatoms. The highest BCUT2D eigenvalue weighted by atomic mass is 32.2. The SMILES string of the molecule is N#Cc1cccc(NC(=O)c2cccc(N3CCCS3(=O)=O)c2)c1. The van der Waals surface area contributed by atoms with Crippen LogP contribution in [0.2, 0.25) is 0 Å². The molecule has 24 heavy (non-hydrogen) atoms. The van der Waals surface area contributed by atoms with Gasteiger partial charge in [0.1, 0.15) is 0 Å². The van der Waals surface area contributed by atoms with E-state index < -0.39 is 10.0 Å². The van der Waals surface area contributed by atoms with Crippen molar-refractivity contribution in [3.8, 4) is 6.07 Å². The maximum atomic E-state index is 12.4. The van der Waals surface area contributed by atoms with Crippen LogP contribution in [0.5, 0.6) is 0 Å². The molecule has 2 aromatic carbocycles. The minimum atomic E-state index is -3.28. The van der Waals surface area contributed by atoms with Gasteiger partial charge in [-0.3, -0.25) is 9.10 Å². The van der Waals surface area contributed by atoms with E-state index in [2.05, 4.69) is 5.32 Å². The smallest absolute Gasteiger partial charge is 0.255 e. The molecule has 0 atom stereocenters. The van der Waals surface area contributed by atoms with E-state index in [9.17, 15) is 13.2 Å². The molecule has 1 amide bonds. The highest BCUT2D eigenvalue weighted by molar-refractivity contribution is 7.93. The number of nitrogens with zero attached hydrogens (tertiary/aromatic N) is 2. The molecule has 0 aliphatic carbocycles. The van der Waals surface area contributed by atoms with Crippen LogP contribution in [0.25, 0.3) is 0 Å². The molecule has 6 nitrogen and oxygen atoms in total. The van der Waals surface area contributed by atoms with E-state index in [1.165, 1.54) is 4.31 Å². The number of carbonyl (C=O) groups is 1. The lowest BCUT2D eigenvalue weighted by molar-refractivity contribution is 0.102. The number of benzene rings is 2. The fraction of sp³-hybridized carbons (Fsp3) is 0.176. The summed E-state index contributed by atoms with van der Waals surface area (Å²) in [7, 11) is -3.28. The molecule has 1 fully saturated rings. The summed E-state index contributed by atoms with van der Waals surface area (Å²) >= 11 is 0. The number of anilines is 2. The van der Waals surface area contributed by atoms with E-state index in [0.29, 0.717) is 35.5 Å². The summed E-state index contributed by atoms with van der Waals surface area (Å²) in [6, 6.07) is 15.1. The van der Waals surface area contributed by atoms with Gasteiger partial charge in [-0.05, 0) is 42.8 Å². The molecular formula is C17H15N3O3S. The Bertz CT molecular complexity index is 932. The summed E-state index contributed by atoms with van der Waals surface area (Å²) in [5.74, 6) is -0.228. The van der Waals surface area contributed by atoms with Gasteiger partial charge in [-0.2, -0.15) is 5.26 Å². The monoisotopic (exact) mass is 341 g/mol. The molecular weight excluding hydrogens is 326 g/mol. The lowest BCUT2D eigenvalue weighted by Gasteiger charge is -2.17. The topological polar surface area (TPSA) is 90.3 Å². The fourth-order valence-electron chi connectivity index (χ4n) is 2.60. The van der Waals surface area contributed by atoms with Crippen LogP contribution in [0, 0.1) is 11.3 Å². The van der Waals surface area contributed by atoms with Crippen molar-refractivity contribution in [1.82, 2.24) is 0 Å². The van der Waals surface area contributed by atoms with Crippen LogP contribution in [0.3, 0.4) is 0 Å². The zero-order chi connectivity index (χ0) is 17.2. The van der Waals surface area contributed by atoms with Gasteiger partial charge in [0.2, 0.25) is 10.0 Å². The van der Waals surface area contributed by atoms with Gasteiger partial charge in [0.05, 0.1) is 23.1 Å². The second kappa shape index (κ2) is 6.34. The molecule has 1 heterocycles. The Hall–Kier alpha value is -2.85. The first-order valence-electron chi connectivity index (χ1n) is 7.41. The number of rotatable bonds is 3. The summed E-state index contributed by atoms with van der Waals surface area (Å²) < 4.78 is 25.3. The van der Waals surface area contributed by atoms with Gasteiger partial charge in [0.25, 0.3) is 5.91 Å². The van der Waals surface area contributed by atoms with Gasteiger partial charge in [-0.15, -0.1) is 0 Å². The van der Waals surface area contributed by atoms with Crippen LogP contribution >= 0.6 is 0 Å². The van der Waals surface area contributed by atoms with Crippen LogP contribution in [0.4, 0.5) is 11.4 Å². The van der Waals surface area contributed by atoms with Gasteiger partial charge in [0, 0.05) is 17.8 Å². The van der Waals surface area contributed by atoms with Crippen molar-refractivity contribution >= 4 is 27.3 Å². The summed E-state index contributed by atoms with van der Waals surface area (Å²) in [4.78, 5) is 12.4. The average molecular weight is 341 g/mol. The molecule has 0 bridgehead atoms. The summed E-state index contributed by atoms with van der Waals surface area (Å²) in [5.41, 5.74) is 1.81. The Morgan fingerprint density at radius 3 is 2.67 bits per heavy atom. The summed E-state index contributed by atoms with van der Waals surface area (Å²) in [6.45, 7) is 0.428. The lowest BCUT2D eigenvalue weighted by atomic mass is 10.1. The second-order valence-corrected chi connectivity index (χ2v) is 7.45. The maximum Gasteiger partial charge on any atom is 0.255 e. The highest BCUT2D eigenvalue weighted by Crippen LogP contribution is 2.25. The minimum absolute atomic E-state index is 0.129. The number of nitriles is 1. The molecule has 0 spiro atoms. The predicted molar refractivity (Wildman–Crippen MR) is 91.3 cm³/mol. The standard InChI is InChI=1S/C17H15N3O3S/c18-12-13-4-1-6-15(10-13)19-17(21)14-5-2-7-16(11-14)20-8-3-9-24(20,22)23/h1-2,4-7,10-11H,3,8-9H2,(H,19,21). The van der Waals surface area contributed by atoms with E-state index in [4.69, 9.17) is 5.26 Å². The van der Waals surface area contributed by atoms with Crippen LogP contribution < -0.4 is 9.62 Å². The molecule has 1 aliphatic rings. The first-order valence-corrected chi connectivity index (χ1v) is 9.02. The van der Waals surface area contributed by atoms with Crippen LogP contribution in [0.15, 0.2) is 48.5 Å². The van der Waals surface area contributed by atoms with Crippen molar-refractivity contribution in [3.05, 3.63) is 59.7 Å². The van der Waals surface area contributed by atoms with Crippen LogP contribution in [-0.2, 0) is 10.0 Å². The predicted octanol–water partition coefficient (Wildman–Crippen LogP) is 2.35. The summed E-state index contributed by atoms with van der Waals surface area (Å²) in [5, 5.41) is 11.6. The van der Waals surface area contributed by atoms with Gasteiger partial charge in [-0.25, -0.2) is 8.42 Å².